The van der Waals surface area contributed by atoms with Crippen molar-refractivity contribution in [3.8, 4) is 5.75 Å². The minimum absolute atomic E-state index is 0.353. The molecule has 0 aromatic heterocycles. The quantitative estimate of drug-likeness (QED) is 0.630. The van der Waals surface area contributed by atoms with Gasteiger partial charge in [-0.1, -0.05) is 17.7 Å². The van der Waals surface area contributed by atoms with Crippen molar-refractivity contribution >= 4 is 8.25 Å². The third kappa shape index (κ3) is 2.66. The maximum Gasteiger partial charge on any atom is 0.539 e. The first kappa shape index (κ1) is 8.18. The van der Waals surface area contributed by atoms with Crippen molar-refractivity contribution in [1.82, 2.24) is 0 Å². The van der Waals surface area contributed by atoms with Gasteiger partial charge < -0.3 is 4.89 Å². The van der Waals surface area contributed by atoms with Crippen LogP contribution >= 0.6 is 8.25 Å². The predicted octanol–water partition coefficient (Wildman–Crippen LogP) is 1.39. The summed E-state index contributed by atoms with van der Waals surface area (Å²) >= 11 is 0. The van der Waals surface area contributed by atoms with Gasteiger partial charge in [0, 0.05) is 0 Å². The maximum absolute atomic E-state index is 10.1. The fourth-order valence-electron chi connectivity index (χ4n) is 0.685. The van der Waals surface area contributed by atoms with Crippen molar-refractivity contribution in [1.29, 1.82) is 0 Å². The smallest absolute Gasteiger partial charge is 0.539 e. The molecule has 0 saturated carbocycles. The van der Waals surface area contributed by atoms with Gasteiger partial charge in [0.05, 0.1) is 0 Å². The Balaban J connectivity index is 2.74. The van der Waals surface area contributed by atoms with Gasteiger partial charge in [-0.25, -0.2) is 0 Å². The summed E-state index contributed by atoms with van der Waals surface area (Å²) in [5.74, 6) is 0.353. The van der Waals surface area contributed by atoms with E-state index in [1.54, 1.807) is 24.3 Å². The molecule has 4 heteroatoms. The molecule has 0 radical (unpaired) electrons. The monoisotopic (exact) mass is 170 g/mol. The minimum Gasteiger partial charge on any atom is -0.558 e. The van der Waals surface area contributed by atoms with Gasteiger partial charge >= 0.3 is 8.25 Å². The number of hydrogen-bond donors (Lipinski definition) is 0. The Morgan fingerprint density at radius 2 is 1.91 bits per heavy atom. The summed E-state index contributed by atoms with van der Waals surface area (Å²) in [6, 6.07) is 6.79. The van der Waals surface area contributed by atoms with Gasteiger partial charge in [-0.3, -0.25) is 4.52 Å². The van der Waals surface area contributed by atoms with Gasteiger partial charge in [0.1, 0.15) is 0 Å². The molecule has 1 rings (SSSR count). The molecule has 0 aliphatic heterocycles. The SMILES string of the molecule is Cc1ccc(O[P+](=O)[O-])cc1. The second-order valence-corrected chi connectivity index (χ2v) is 2.76. The minimum atomic E-state index is -2.79. The van der Waals surface area contributed by atoms with E-state index in [1.165, 1.54) is 0 Å². The standard InChI is InChI=1S/C7H7O3P/c1-6-2-4-7(5-3-6)10-11(8)9/h2-5H,1H3. The molecular formula is C7H7O3P. The Morgan fingerprint density at radius 1 is 1.36 bits per heavy atom. The molecule has 1 atom stereocenters. The van der Waals surface area contributed by atoms with E-state index >= 15 is 0 Å². The van der Waals surface area contributed by atoms with E-state index in [0.717, 1.165) is 5.56 Å². The molecule has 0 heterocycles. The lowest BCUT2D eigenvalue weighted by molar-refractivity contribution is -0.178. The van der Waals surface area contributed by atoms with Crippen LogP contribution in [-0.2, 0) is 4.57 Å². The van der Waals surface area contributed by atoms with Gasteiger partial charge in [0.2, 0.25) is 0 Å². The summed E-state index contributed by atoms with van der Waals surface area (Å²) in [6.07, 6.45) is 0. The van der Waals surface area contributed by atoms with Crippen LogP contribution in [0.5, 0.6) is 5.75 Å². The van der Waals surface area contributed by atoms with Crippen LogP contribution in [0.4, 0.5) is 0 Å². The molecule has 1 aromatic rings. The average molecular weight is 170 g/mol. The van der Waals surface area contributed by atoms with Crippen molar-refractivity contribution in [2.75, 3.05) is 0 Å². The largest absolute Gasteiger partial charge is 0.558 e. The first-order valence-corrected chi connectivity index (χ1v) is 4.17. The topological polar surface area (TPSA) is 49.4 Å². The highest BCUT2D eigenvalue weighted by Crippen LogP contribution is 2.19. The lowest BCUT2D eigenvalue weighted by Crippen LogP contribution is -1.92. The van der Waals surface area contributed by atoms with Crippen molar-refractivity contribution in [2.24, 2.45) is 0 Å². The van der Waals surface area contributed by atoms with Crippen LogP contribution in [0.25, 0.3) is 0 Å². The van der Waals surface area contributed by atoms with Gasteiger partial charge in [-0.2, -0.15) is 0 Å². The van der Waals surface area contributed by atoms with E-state index in [2.05, 4.69) is 4.52 Å². The lowest BCUT2D eigenvalue weighted by Gasteiger charge is -1.93. The summed E-state index contributed by atoms with van der Waals surface area (Å²) < 4.78 is 14.5. The molecule has 0 saturated heterocycles. The second kappa shape index (κ2) is 3.46. The highest BCUT2D eigenvalue weighted by Gasteiger charge is 2.02. The van der Waals surface area contributed by atoms with Crippen LogP contribution < -0.4 is 9.42 Å². The molecule has 0 amide bonds. The highest BCUT2D eigenvalue weighted by molar-refractivity contribution is 7.31. The third-order valence-electron chi connectivity index (χ3n) is 1.20. The molecule has 0 spiro atoms. The third-order valence-corrected chi connectivity index (χ3v) is 1.56. The maximum atomic E-state index is 10.1. The Morgan fingerprint density at radius 3 is 2.36 bits per heavy atom. The van der Waals surface area contributed by atoms with Crippen LogP contribution in [0.2, 0.25) is 0 Å². The fourth-order valence-corrected chi connectivity index (χ4v) is 0.979. The highest BCUT2D eigenvalue weighted by atomic mass is 31.1. The normalized spacial score (nSPS) is 10.9. The zero-order valence-electron chi connectivity index (χ0n) is 5.98. The fraction of sp³-hybridized carbons (Fsp3) is 0.143. The molecule has 0 aliphatic rings. The number of hydrogen-bond acceptors (Lipinski definition) is 3. The molecule has 1 unspecified atom stereocenters. The first-order valence-electron chi connectivity index (χ1n) is 3.07. The van der Waals surface area contributed by atoms with Gasteiger partial charge in [0.25, 0.3) is 0 Å². The van der Waals surface area contributed by atoms with Crippen LogP contribution in [0.15, 0.2) is 24.3 Å². The number of aryl methyl sites for hydroxylation is 1. The Hall–Kier alpha value is -0.920. The zero-order valence-corrected chi connectivity index (χ0v) is 6.88. The van der Waals surface area contributed by atoms with E-state index in [4.69, 9.17) is 0 Å². The van der Waals surface area contributed by atoms with E-state index < -0.39 is 8.25 Å². The average Bonchev–Trinajstić information content (AvgIpc) is 1.93. The molecule has 0 N–H and O–H groups in total. The molecule has 0 fully saturated rings. The number of rotatable bonds is 2. The van der Waals surface area contributed by atoms with Crippen molar-refractivity contribution in [2.45, 2.75) is 6.92 Å². The summed E-state index contributed by atoms with van der Waals surface area (Å²) in [5.41, 5.74) is 1.07. The van der Waals surface area contributed by atoms with E-state index in [0.29, 0.717) is 5.75 Å². The van der Waals surface area contributed by atoms with Gasteiger partial charge in [0.15, 0.2) is 5.75 Å². The molecule has 0 aliphatic carbocycles. The Bertz CT molecular complexity index is 255. The van der Waals surface area contributed by atoms with Crippen LogP contribution in [0.1, 0.15) is 5.56 Å². The molecule has 0 bridgehead atoms. The van der Waals surface area contributed by atoms with E-state index in [1.807, 2.05) is 6.92 Å². The predicted molar refractivity (Wildman–Crippen MR) is 39.4 cm³/mol. The molecular weight excluding hydrogens is 163 g/mol. The van der Waals surface area contributed by atoms with Gasteiger partial charge in [-0.05, 0) is 23.6 Å². The Kier molecular flexibility index (Phi) is 2.58. The molecule has 58 valence electrons. The van der Waals surface area contributed by atoms with Crippen LogP contribution in [0, 0.1) is 6.92 Å². The zero-order chi connectivity index (χ0) is 8.27. The molecule has 1 aromatic carbocycles. The van der Waals surface area contributed by atoms with Gasteiger partial charge in [-0.15, -0.1) is 0 Å². The molecule has 11 heavy (non-hydrogen) atoms. The lowest BCUT2D eigenvalue weighted by atomic mass is 10.2. The summed E-state index contributed by atoms with van der Waals surface area (Å²) in [6.45, 7) is 1.92. The van der Waals surface area contributed by atoms with E-state index in [9.17, 15) is 9.46 Å². The summed E-state index contributed by atoms with van der Waals surface area (Å²) in [7, 11) is -2.79. The van der Waals surface area contributed by atoms with Crippen molar-refractivity contribution in [3.63, 3.8) is 0 Å². The second-order valence-electron chi connectivity index (χ2n) is 2.13. The summed E-state index contributed by atoms with van der Waals surface area (Å²) in [4.78, 5) is 10.1. The van der Waals surface area contributed by atoms with Crippen molar-refractivity contribution < 1.29 is 14.0 Å². The molecule has 3 nitrogen and oxygen atoms in total. The van der Waals surface area contributed by atoms with E-state index in [-0.39, 0.29) is 0 Å². The Labute approximate surface area is 65.6 Å². The first-order chi connectivity index (χ1) is 5.18. The van der Waals surface area contributed by atoms with Crippen molar-refractivity contribution in [3.05, 3.63) is 29.8 Å². The number of benzene rings is 1. The summed E-state index contributed by atoms with van der Waals surface area (Å²) in [5, 5.41) is 0. The van der Waals surface area contributed by atoms with Crippen LogP contribution in [0.3, 0.4) is 0 Å². The van der Waals surface area contributed by atoms with Crippen LogP contribution in [-0.4, -0.2) is 0 Å².